The van der Waals surface area contributed by atoms with E-state index in [1.807, 2.05) is 0 Å². The minimum absolute atomic E-state index is 0.830. The van der Waals surface area contributed by atoms with Gasteiger partial charge < -0.3 is 14.8 Å². The molecule has 1 aromatic carbocycles. The molecule has 0 bridgehead atoms. The van der Waals surface area contributed by atoms with Crippen LogP contribution in [0.25, 0.3) is 0 Å². The molecule has 0 aromatic heterocycles. The molecule has 0 spiro atoms. The molecular formula is C10H14NO2+. The lowest BCUT2D eigenvalue weighted by Crippen LogP contribution is -2.77. The maximum absolute atomic E-state index is 5.22. The fourth-order valence-electron chi connectivity index (χ4n) is 1.73. The molecule has 70 valence electrons. The second kappa shape index (κ2) is 3.26. The molecule has 0 unspecified atom stereocenters. The second-order valence-corrected chi connectivity index (χ2v) is 3.17. The summed E-state index contributed by atoms with van der Waals surface area (Å²) in [6.07, 6.45) is 0. The smallest absolute Gasteiger partial charge is 0.161 e. The van der Waals surface area contributed by atoms with Crippen LogP contribution in [0, 0.1) is 0 Å². The van der Waals surface area contributed by atoms with Crippen LogP contribution in [-0.4, -0.2) is 14.2 Å². The number of nitrogens with two attached hydrogens (primary N) is 1. The third-order valence-corrected chi connectivity index (χ3v) is 2.43. The zero-order valence-electron chi connectivity index (χ0n) is 7.96. The highest BCUT2D eigenvalue weighted by Crippen LogP contribution is 2.30. The number of ether oxygens (including phenoxy) is 2. The number of hydrogen-bond donors (Lipinski definition) is 1. The van der Waals surface area contributed by atoms with E-state index in [0.717, 1.165) is 24.6 Å². The van der Waals surface area contributed by atoms with Gasteiger partial charge in [0.1, 0.15) is 13.1 Å². The van der Waals surface area contributed by atoms with Crippen LogP contribution in [0.15, 0.2) is 12.1 Å². The number of hydrogen-bond acceptors (Lipinski definition) is 2. The molecule has 1 aliphatic rings. The topological polar surface area (TPSA) is 35.1 Å². The number of fused-ring (bicyclic) bond motifs is 1. The van der Waals surface area contributed by atoms with Crippen molar-refractivity contribution in [2.24, 2.45) is 0 Å². The minimum Gasteiger partial charge on any atom is -0.493 e. The van der Waals surface area contributed by atoms with E-state index < -0.39 is 0 Å². The van der Waals surface area contributed by atoms with Gasteiger partial charge in [0.2, 0.25) is 0 Å². The molecule has 1 heterocycles. The van der Waals surface area contributed by atoms with Crippen LogP contribution >= 0.6 is 0 Å². The van der Waals surface area contributed by atoms with Crippen LogP contribution in [0.4, 0.5) is 0 Å². The summed E-state index contributed by atoms with van der Waals surface area (Å²) < 4.78 is 10.4. The Bertz CT molecular complexity index is 292. The van der Waals surface area contributed by atoms with Crippen molar-refractivity contribution in [3.05, 3.63) is 23.3 Å². The van der Waals surface area contributed by atoms with Crippen molar-refractivity contribution in [1.82, 2.24) is 0 Å². The number of quaternary nitrogens is 1. The van der Waals surface area contributed by atoms with Crippen LogP contribution in [0.1, 0.15) is 11.1 Å². The maximum atomic E-state index is 5.22. The van der Waals surface area contributed by atoms with E-state index in [4.69, 9.17) is 9.47 Å². The summed E-state index contributed by atoms with van der Waals surface area (Å²) in [6.45, 7) is 2.10. The van der Waals surface area contributed by atoms with Gasteiger partial charge in [-0.2, -0.15) is 0 Å². The lowest BCUT2D eigenvalue weighted by atomic mass is 10.1. The van der Waals surface area contributed by atoms with Crippen LogP contribution < -0.4 is 14.8 Å². The Hall–Kier alpha value is -1.22. The molecule has 1 aromatic rings. The quantitative estimate of drug-likeness (QED) is 0.709. The number of benzene rings is 1. The Morgan fingerprint density at radius 2 is 1.46 bits per heavy atom. The fraction of sp³-hybridized carbons (Fsp3) is 0.400. The largest absolute Gasteiger partial charge is 0.493 e. The van der Waals surface area contributed by atoms with Crippen LogP contribution in [0.3, 0.4) is 0 Å². The van der Waals surface area contributed by atoms with Crippen LogP contribution in [0.5, 0.6) is 11.5 Å². The molecule has 3 nitrogen and oxygen atoms in total. The fourth-order valence-corrected chi connectivity index (χ4v) is 1.73. The van der Waals surface area contributed by atoms with Crippen LogP contribution in [0.2, 0.25) is 0 Å². The Balaban J connectivity index is 2.47. The zero-order valence-corrected chi connectivity index (χ0v) is 7.96. The summed E-state index contributed by atoms with van der Waals surface area (Å²) in [7, 11) is 3.34. The SMILES string of the molecule is COc1cc2c(cc1OC)C[NH2+]C2. The van der Waals surface area contributed by atoms with Crippen molar-refractivity contribution >= 4 is 0 Å². The lowest BCUT2D eigenvalue weighted by Gasteiger charge is -2.08. The van der Waals surface area contributed by atoms with Gasteiger partial charge in [-0.1, -0.05) is 0 Å². The average Bonchev–Trinajstić information content (AvgIpc) is 2.62. The molecule has 13 heavy (non-hydrogen) atoms. The van der Waals surface area contributed by atoms with E-state index >= 15 is 0 Å². The van der Waals surface area contributed by atoms with Gasteiger partial charge >= 0.3 is 0 Å². The van der Waals surface area contributed by atoms with E-state index in [9.17, 15) is 0 Å². The Morgan fingerprint density at radius 3 is 1.85 bits per heavy atom. The summed E-state index contributed by atoms with van der Waals surface area (Å²) in [4.78, 5) is 0. The van der Waals surface area contributed by atoms with Gasteiger partial charge in [0.15, 0.2) is 11.5 Å². The number of rotatable bonds is 2. The van der Waals surface area contributed by atoms with E-state index in [1.165, 1.54) is 11.1 Å². The third-order valence-electron chi connectivity index (χ3n) is 2.43. The van der Waals surface area contributed by atoms with E-state index in [2.05, 4.69) is 17.4 Å². The predicted molar refractivity (Wildman–Crippen MR) is 48.9 cm³/mol. The summed E-state index contributed by atoms with van der Waals surface area (Å²) in [5, 5.41) is 2.27. The maximum Gasteiger partial charge on any atom is 0.161 e. The van der Waals surface area contributed by atoms with Crippen molar-refractivity contribution in [3.8, 4) is 11.5 Å². The highest BCUT2D eigenvalue weighted by Gasteiger charge is 2.17. The first kappa shape index (κ1) is 8.38. The zero-order chi connectivity index (χ0) is 9.26. The first-order chi connectivity index (χ1) is 6.35. The molecule has 0 fully saturated rings. The van der Waals surface area contributed by atoms with Gasteiger partial charge in [-0.15, -0.1) is 0 Å². The Labute approximate surface area is 77.7 Å². The first-order valence-corrected chi connectivity index (χ1v) is 4.40. The molecule has 0 amide bonds. The van der Waals surface area contributed by atoms with Gasteiger partial charge in [-0.25, -0.2) is 0 Å². The second-order valence-electron chi connectivity index (χ2n) is 3.17. The average molecular weight is 180 g/mol. The molecule has 0 saturated heterocycles. The molecule has 1 aliphatic heterocycles. The predicted octanol–water partition coefficient (Wildman–Crippen LogP) is 0.281. The van der Waals surface area contributed by atoms with Crippen molar-refractivity contribution in [2.75, 3.05) is 14.2 Å². The number of methoxy groups -OCH3 is 2. The van der Waals surface area contributed by atoms with Gasteiger partial charge in [0.25, 0.3) is 0 Å². The Kier molecular flexibility index (Phi) is 2.10. The highest BCUT2D eigenvalue weighted by molar-refractivity contribution is 5.47. The molecule has 0 atom stereocenters. The molecule has 2 N–H and O–H groups in total. The van der Waals surface area contributed by atoms with Crippen molar-refractivity contribution in [1.29, 1.82) is 0 Å². The minimum atomic E-state index is 0.830. The third kappa shape index (κ3) is 1.35. The van der Waals surface area contributed by atoms with E-state index in [0.29, 0.717) is 0 Å². The summed E-state index contributed by atoms with van der Waals surface area (Å²) in [5.41, 5.74) is 2.72. The summed E-state index contributed by atoms with van der Waals surface area (Å²) in [5.74, 6) is 1.66. The van der Waals surface area contributed by atoms with Crippen molar-refractivity contribution in [3.63, 3.8) is 0 Å². The monoisotopic (exact) mass is 180 g/mol. The lowest BCUT2D eigenvalue weighted by molar-refractivity contribution is -0.676. The summed E-state index contributed by atoms with van der Waals surface area (Å²) >= 11 is 0. The molecular weight excluding hydrogens is 166 g/mol. The molecule has 0 radical (unpaired) electrons. The van der Waals surface area contributed by atoms with Crippen LogP contribution in [-0.2, 0) is 13.1 Å². The van der Waals surface area contributed by atoms with Gasteiger partial charge in [-0.05, 0) is 12.1 Å². The normalized spacial score (nSPS) is 14.0. The van der Waals surface area contributed by atoms with Gasteiger partial charge in [0, 0.05) is 11.1 Å². The molecule has 2 rings (SSSR count). The molecule has 0 aliphatic carbocycles. The molecule has 0 saturated carbocycles. The van der Waals surface area contributed by atoms with Gasteiger partial charge in [-0.3, -0.25) is 0 Å². The summed E-state index contributed by atoms with van der Waals surface area (Å²) in [6, 6.07) is 4.13. The van der Waals surface area contributed by atoms with Crippen molar-refractivity contribution < 1.29 is 14.8 Å². The van der Waals surface area contributed by atoms with E-state index in [1.54, 1.807) is 14.2 Å². The van der Waals surface area contributed by atoms with Crippen molar-refractivity contribution in [2.45, 2.75) is 13.1 Å². The van der Waals surface area contributed by atoms with Gasteiger partial charge in [0.05, 0.1) is 14.2 Å². The van der Waals surface area contributed by atoms with E-state index in [-0.39, 0.29) is 0 Å². The standard InChI is InChI=1S/C10H13NO2/c1-12-9-3-7-5-11-6-8(7)4-10(9)13-2/h3-4,11H,5-6H2,1-2H3/p+1. The first-order valence-electron chi connectivity index (χ1n) is 4.40. The Morgan fingerprint density at radius 1 is 1.00 bits per heavy atom. The highest BCUT2D eigenvalue weighted by atomic mass is 16.5. The molecule has 3 heteroatoms.